The van der Waals surface area contributed by atoms with Crippen LogP contribution in [0.2, 0.25) is 0 Å². The average molecular weight is 380 g/mol. The molecular weight excluding hydrogens is 356 g/mol. The topological polar surface area (TPSA) is 80.6 Å². The molecule has 4 rings (SSSR count). The highest BCUT2D eigenvalue weighted by Gasteiger charge is 2.40. The van der Waals surface area contributed by atoms with Crippen LogP contribution in [0.4, 0.5) is 0 Å². The van der Waals surface area contributed by atoms with E-state index in [0.29, 0.717) is 23.0 Å². The Morgan fingerprint density at radius 3 is 2.57 bits per heavy atom. The average Bonchev–Trinajstić information content (AvgIpc) is 3.46. The highest BCUT2D eigenvalue weighted by atomic mass is 16.5. The van der Waals surface area contributed by atoms with Crippen LogP contribution in [0, 0.1) is 11.8 Å². The fourth-order valence-electron chi connectivity index (χ4n) is 4.28. The molecule has 2 fully saturated rings. The fourth-order valence-corrected chi connectivity index (χ4v) is 4.28. The number of methoxy groups -OCH3 is 1. The van der Waals surface area contributed by atoms with E-state index < -0.39 is 0 Å². The Kier molecular flexibility index (Phi) is 5.19. The van der Waals surface area contributed by atoms with E-state index >= 15 is 0 Å². The summed E-state index contributed by atoms with van der Waals surface area (Å²) in [6.07, 6.45) is 7.75. The summed E-state index contributed by atoms with van der Waals surface area (Å²) in [5.74, 6) is 1.81. The molecule has 146 valence electrons. The van der Waals surface area contributed by atoms with Gasteiger partial charge in [0, 0.05) is 17.7 Å². The van der Waals surface area contributed by atoms with Gasteiger partial charge in [-0.25, -0.2) is 0 Å². The zero-order chi connectivity index (χ0) is 19.5. The van der Waals surface area contributed by atoms with Crippen molar-refractivity contribution in [2.75, 3.05) is 7.11 Å². The fraction of sp³-hybridized carbons (Fsp3) is 0.364. The second-order valence-corrected chi connectivity index (χ2v) is 7.51. The lowest BCUT2D eigenvalue weighted by Gasteiger charge is -2.23. The van der Waals surface area contributed by atoms with Gasteiger partial charge in [0.2, 0.25) is 0 Å². The molecule has 2 aliphatic rings. The van der Waals surface area contributed by atoms with Crippen LogP contribution < -0.4 is 15.4 Å². The normalized spacial score (nSPS) is 23.5. The molecule has 3 atom stereocenters. The van der Waals surface area contributed by atoms with Crippen LogP contribution in [-0.4, -0.2) is 25.0 Å². The third-order valence-corrected chi connectivity index (χ3v) is 5.73. The van der Waals surface area contributed by atoms with E-state index in [-0.39, 0.29) is 23.6 Å². The molecule has 2 bridgehead atoms. The predicted octanol–water partition coefficient (Wildman–Crippen LogP) is 3.36. The molecule has 6 nitrogen and oxygen atoms in total. The highest BCUT2D eigenvalue weighted by Crippen LogP contribution is 2.44. The van der Waals surface area contributed by atoms with Crippen molar-refractivity contribution in [3.05, 3.63) is 59.7 Å². The minimum absolute atomic E-state index is 0.179. The number of ether oxygens (including phenoxy) is 1. The monoisotopic (exact) mass is 380 g/mol. The summed E-state index contributed by atoms with van der Waals surface area (Å²) in [5, 5.41) is 5.85. The van der Waals surface area contributed by atoms with Crippen molar-refractivity contribution >= 4 is 17.9 Å². The van der Waals surface area contributed by atoms with Crippen LogP contribution in [-0.2, 0) is 4.79 Å². The Morgan fingerprint density at radius 2 is 1.96 bits per heavy atom. The molecule has 6 heteroatoms. The zero-order valence-electron chi connectivity index (χ0n) is 15.8. The molecule has 0 unspecified atom stereocenters. The largest absolute Gasteiger partial charge is 0.497 e. The van der Waals surface area contributed by atoms with Crippen molar-refractivity contribution in [2.45, 2.75) is 31.7 Å². The first-order chi connectivity index (χ1) is 13.6. The summed E-state index contributed by atoms with van der Waals surface area (Å²) in [7, 11) is 1.57. The molecule has 1 aromatic heterocycles. The molecule has 1 heterocycles. The van der Waals surface area contributed by atoms with Gasteiger partial charge in [-0.05, 0) is 67.5 Å². The van der Waals surface area contributed by atoms with Crippen LogP contribution >= 0.6 is 0 Å². The first-order valence-electron chi connectivity index (χ1n) is 9.64. The smallest absolute Gasteiger partial charge is 0.268 e. The molecule has 0 radical (unpaired) electrons. The number of fused-ring (bicyclic) bond motifs is 2. The maximum Gasteiger partial charge on any atom is 0.268 e. The maximum absolute atomic E-state index is 12.9. The lowest BCUT2D eigenvalue weighted by Crippen LogP contribution is -2.42. The van der Waals surface area contributed by atoms with Crippen molar-refractivity contribution < 1.29 is 18.7 Å². The molecule has 28 heavy (non-hydrogen) atoms. The summed E-state index contributed by atoms with van der Waals surface area (Å²) in [5.41, 5.74) is 0.623. The second-order valence-electron chi connectivity index (χ2n) is 7.51. The third-order valence-electron chi connectivity index (χ3n) is 5.73. The number of carbonyl (C=O) groups excluding carboxylic acids is 2. The van der Waals surface area contributed by atoms with Gasteiger partial charge >= 0.3 is 0 Å². The first kappa shape index (κ1) is 18.3. The van der Waals surface area contributed by atoms with E-state index in [1.54, 1.807) is 49.6 Å². The van der Waals surface area contributed by atoms with Gasteiger partial charge in [0.05, 0.1) is 13.4 Å². The van der Waals surface area contributed by atoms with Crippen LogP contribution in [0.25, 0.3) is 6.08 Å². The van der Waals surface area contributed by atoms with Gasteiger partial charge in [-0.2, -0.15) is 0 Å². The number of nitrogens with one attached hydrogen (secondary N) is 2. The lowest BCUT2D eigenvalue weighted by atomic mass is 9.95. The maximum atomic E-state index is 12.9. The first-order valence-corrected chi connectivity index (χ1v) is 9.64. The molecule has 2 saturated carbocycles. The van der Waals surface area contributed by atoms with Crippen molar-refractivity contribution in [3.63, 3.8) is 0 Å². The van der Waals surface area contributed by atoms with Gasteiger partial charge in [0.1, 0.15) is 17.2 Å². The minimum atomic E-state index is -0.358. The van der Waals surface area contributed by atoms with Crippen molar-refractivity contribution in [3.8, 4) is 5.75 Å². The van der Waals surface area contributed by atoms with Crippen molar-refractivity contribution in [1.82, 2.24) is 10.6 Å². The number of rotatable bonds is 6. The molecule has 2 aromatic rings. The van der Waals surface area contributed by atoms with Gasteiger partial charge in [-0.1, -0.05) is 6.42 Å². The van der Waals surface area contributed by atoms with Gasteiger partial charge in [0.25, 0.3) is 11.8 Å². The van der Waals surface area contributed by atoms with Gasteiger partial charge < -0.3 is 19.8 Å². The van der Waals surface area contributed by atoms with E-state index in [1.807, 2.05) is 0 Å². The lowest BCUT2D eigenvalue weighted by molar-refractivity contribution is -0.118. The van der Waals surface area contributed by atoms with Crippen LogP contribution in [0.3, 0.4) is 0 Å². The molecule has 0 aliphatic heterocycles. The molecule has 1 aromatic carbocycles. The van der Waals surface area contributed by atoms with Crippen molar-refractivity contribution in [1.29, 1.82) is 0 Å². The summed E-state index contributed by atoms with van der Waals surface area (Å²) < 4.78 is 10.4. The number of carbonyl (C=O) groups is 2. The molecule has 0 saturated heterocycles. The van der Waals surface area contributed by atoms with E-state index in [4.69, 9.17) is 9.15 Å². The summed E-state index contributed by atoms with van der Waals surface area (Å²) in [4.78, 5) is 25.6. The van der Waals surface area contributed by atoms with Gasteiger partial charge in [-0.3, -0.25) is 9.59 Å². The highest BCUT2D eigenvalue weighted by molar-refractivity contribution is 6.05. The summed E-state index contributed by atoms with van der Waals surface area (Å²) in [6, 6.07) is 10.4. The van der Waals surface area contributed by atoms with E-state index in [1.165, 1.54) is 25.5 Å². The number of benzene rings is 1. The predicted molar refractivity (Wildman–Crippen MR) is 105 cm³/mol. The van der Waals surface area contributed by atoms with Crippen molar-refractivity contribution in [2.24, 2.45) is 11.8 Å². The number of furan rings is 1. The molecule has 2 N–H and O–H groups in total. The number of amides is 2. The Labute approximate surface area is 163 Å². The SMILES string of the molecule is COc1ccc(C(=O)N/C(=C\c2ccco2)C(=O)N[C@H]2C[C@@H]3CC[C@@H]2C3)cc1. The molecule has 2 amide bonds. The summed E-state index contributed by atoms with van der Waals surface area (Å²) >= 11 is 0. The second kappa shape index (κ2) is 7.92. The molecular formula is C22H24N2O4. The van der Waals surface area contributed by atoms with E-state index in [2.05, 4.69) is 10.6 Å². The zero-order valence-corrected chi connectivity index (χ0v) is 15.8. The number of hydrogen-bond acceptors (Lipinski definition) is 4. The Morgan fingerprint density at radius 1 is 1.14 bits per heavy atom. The summed E-state index contributed by atoms with van der Waals surface area (Å²) in [6.45, 7) is 0. The third kappa shape index (κ3) is 3.96. The Hall–Kier alpha value is -3.02. The number of hydrogen-bond donors (Lipinski definition) is 2. The standard InChI is InChI=1S/C22H24N2O4/c1-27-17-8-6-15(7-9-17)21(25)24-20(13-18-3-2-10-28-18)22(26)23-19-12-14-4-5-16(19)11-14/h2-3,6-10,13-14,16,19H,4-5,11-12H2,1H3,(H,23,26)(H,24,25)/b20-13-/t14-,16-,19+/m1/s1. The van der Waals surface area contributed by atoms with E-state index in [9.17, 15) is 9.59 Å². The van der Waals surface area contributed by atoms with Crippen LogP contribution in [0.15, 0.2) is 52.8 Å². The molecule has 2 aliphatic carbocycles. The van der Waals surface area contributed by atoms with Gasteiger partial charge in [0.15, 0.2) is 0 Å². The van der Waals surface area contributed by atoms with Gasteiger partial charge in [-0.15, -0.1) is 0 Å². The van der Waals surface area contributed by atoms with Crippen LogP contribution in [0.5, 0.6) is 5.75 Å². The Balaban J connectivity index is 1.50. The van der Waals surface area contributed by atoms with Crippen LogP contribution in [0.1, 0.15) is 41.8 Å². The minimum Gasteiger partial charge on any atom is -0.497 e. The Bertz CT molecular complexity index is 870. The quantitative estimate of drug-likeness (QED) is 0.753. The van der Waals surface area contributed by atoms with E-state index in [0.717, 1.165) is 12.3 Å². The molecule has 0 spiro atoms.